The summed E-state index contributed by atoms with van der Waals surface area (Å²) in [5, 5.41) is 0.599. The second kappa shape index (κ2) is 5.11. The average Bonchev–Trinajstić information content (AvgIpc) is 3.17. The summed E-state index contributed by atoms with van der Waals surface area (Å²) in [4.78, 5) is 27.9. The number of allylic oxidation sites excluding steroid dienone is 2. The van der Waals surface area contributed by atoms with Crippen molar-refractivity contribution in [2.24, 2.45) is 29.1 Å². The molecular formula is C23H18ClNO2. The molecular weight excluding hydrogens is 358 g/mol. The zero-order chi connectivity index (χ0) is 18.3. The first kappa shape index (κ1) is 15.6. The molecule has 1 heterocycles. The largest absolute Gasteiger partial charge is 0.274 e. The van der Waals surface area contributed by atoms with E-state index in [1.807, 2.05) is 6.07 Å². The summed E-state index contributed by atoms with van der Waals surface area (Å²) in [5.41, 5.74) is 2.05. The third-order valence-corrected chi connectivity index (χ3v) is 7.52. The monoisotopic (exact) mass is 375 g/mol. The molecule has 6 rings (SSSR count). The zero-order valence-corrected chi connectivity index (χ0v) is 15.3. The van der Waals surface area contributed by atoms with Crippen LogP contribution >= 0.6 is 11.6 Å². The van der Waals surface area contributed by atoms with Crippen molar-refractivity contribution in [3.05, 3.63) is 77.3 Å². The molecule has 0 aromatic heterocycles. The van der Waals surface area contributed by atoms with Gasteiger partial charge in [-0.3, -0.25) is 14.5 Å². The van der Waals surface area contributed by atoms with Gasteiger partial charge in [0.2, 0.25) is 11.8 Å². The molecule has 134 valence electrons. The highest BCUT2D eigenvalue weighted by Crippen LogP contribution is 2.79. The molecule has 2 aromatic rings. The highest BCUT2D eigenvalue weighted by Gasteiger charge is 2.77. The molecule has 1 unspecified atom stereocenters. The maximum Gasteiger partial charge on any atom is 0.238 e. The van der Waals surface area contributed by atoms with E-state index in [1.54, 1.807) is 24.3 Å². The molecule has 4 heteroatoms. The predicted molar refractivity (Wildman–Crippen MR) is 103 cm³/mol. The lowest BCUT2D eigenvalue weighted by molar-refractivity contribution is -0.123. The van der Waals surface area contributed by atoms with Gasteiger partial charge in [0, 0.05) is 5.02 Å². The van der Waals surface area contributed by atoms with Gasteiger partial charge >= 0.3 is 0 Å². The fourth-order valence-electron chi connectivity index (χ4n) is 6.19. The van der Waals surface area contributed by atoms with Crippen LogP contribution in [0.5, 0.6) is 0 Å². The van der Waals surface area contributed by atoms with Crippen molar-refractivity contribution in [1.29, 1.82) is 0 Å². The Morgan fingerprint density at radius 3 is 2.04 bits per heavy atom. The van der Waals surface area contributed by atoms with Crippen LogP contribution in [-0.4, -0.2) is 11.8 Å². The van der Waals surface area contributed by atoms with Crippen LogP contribution in [0.4, 0.5) is 5.69 Å². The van der Waals surface area contributed by atoms with Crippen LogP contribution < -0.4 is 4.90 Å². The lowest BCUT2D eigenvalue weighted by atomic mass is 9.85. The highest BCUT2D eigenvalue weighted by molar-refractivity contribution is 6.30. The second-order valence-corrected chi connectivity index (χ2v) is 8.69. The molecule has 2 saturated carbocycles. The maximum absolute atomic E-state index is 13.3. The van der Waals surface area contributed by atoms with E-state index in [9.17, 15) is 9.59 Å². The molecule has 3 aliphatic carbocycles. The van der Waals surface area contributed by atoms with Crippen LogP contribution in [0.3, 0.4) is 0 Å². The zero-order valence-electron chi connectivity index (χ0n) is 14.6. The van der Waals surface area contributed by atoms with Crippen molar-refractivity contribution in [3.63, 3.8) is 0 Å². The number of amides is 2. The molecule has 2 amide bonds. The molecule has 3 fully saturated rings. The summed E-state index contributed by atoms with van der Waals surface area (Å²) in [5.74, 6) is 0.301. The lowest BCUT2D eigenvalue weighted by Crippen LogP contribution is -2.35. The summed E-state index contributed by atoms with van der Waals surface area (Å²) < 4.78 is 0. The molecule has 1 aliphatic heterocycles. The number of halogens is 1. The van der Waals surface area contributed by atoms with Gasteiger partial charge in [0.25, 0.3) is 0 Å². The number of hydrogen-bond acceptors (Lipinski definition) is 2. The first-order chi connectivity index (χ1) is 13.1. The van der Waals surface area contributed by atoms with Crippen LogP contribution in [0.2, 0.25) is 5.02 Å². The lowest BCUT2D eigenvalue weighted by Gasteiger charge is -2.23. The van der Waals surface area contributed by atoms with Crippen LogP contribution in [-0.2, 0) is 9.59 Å². The number of hydrogen-bond donors (Lipinski definition) is 0. The molecule has 6 atom stereocenters. The number of anilines is 1. The predicted octanol–water partition coefficient (Wildman–Crippen LogP) is 4.44. The van der Waals surface area contributed by atoms with Crippen LogP contribution in [0.15, 0.2) is 66.7 Å². The van der Waals surface area contributed by atoms with E-state index in [0.29, 0.717) is 16.6 Å². The van der Waals surface area contributed by atoms with E-state index in [4.69, 9.17) is 11.6 Å². The van der Waals surface area contributed by atoms with E-state index in [-0.39, 0.29) is 40.9 Å². The second-order valence-electron chi connectivity index (χ2n) is 8.26. The van der Waals surface area contributed by atoms with Gasteiger partial charge in [-0.15, -0.1) is 0 Å². The van der Waals surface area contributed by atoms with E-state index in [1.165, 1.54) is 10.5 Å². The van der Waals surface area contributed by atoms with Crippen molar-refractivity contribution < 1.29 is 9.59 Å². The minimum atomic E-state index is -0.211. The van der Waals surface area contributed by atoms with Gasteiger partial charge in [-0.1, -0.05) is 54.1 Å². The molecule has 1 saturated heterocycles. The molecule has 27 heavy (non-hydrogen) atoms. The molecule has 2 aromatic carbocycles. The molecule has 2 bridgehead atoms. The van der Waals surface area contributed by atoms with Crippen molar-refractivity contribution in [2.45, 2.75) is 12.3 Å². The fraction of sp³-hybridized carbons (Fsp3) is 0.304. The molecule has 1 spiro atoms. The van der Waals surface area contributed by atoms with Crippen LogP contribution in [0, 0.1) is 29.1 Å². The van der Waals surface area contributed by atoms with E-state index in [0.717, 1.165) is 6.42 Å². The SMILES string of the molecule is O=C1[C@@H]2[C@H](C(=O)N1c1ccc(Cl)cc1)[C@H]1C=C[C@H]2C12C[C@@H]2c1ccccc1. The van der Waals surface area contributed by atoms with Gasteiger partial charge in [-0.25, -0.2) is 0 Å². The van der Waals surface area contributed by atoms with Gasteiger partial charge in [0.15, 0.2) is 0 Å². The van der Waals surface area contributed by atoms with Crippen molar-refractivity contribution in [2.75, 3.05) is 4.90 Å². The number of imide groups is 1. The standard InChI is InChI=1S/C23H18ClNO2/c24-14-6-8-15(9-7-14)25-21(26)19-16-10-11-17(20(19)22(25)27)23(16)12-18(23)13-4-2-1-3-5-13/h1-11,16-20H,12H2/t16-,17-,18-,19-,20+,23?/m1/s1. The Kier molecular flexibility index (Phi) is 2.96. The Bertz CT molecular complexity index is 965. The van der Waals surface area contributed by atoms with E-state index in [2.05, 4.69) is 36.4 Å². The van der Waals surface area contributed by atoms with Crippen molar-refractivity contribution >= 4 is 29.1 Å². The van der Waals surface area contributed by atoms with Gasteiger partial charge in [0.05, 0.1) is 17.5 Å². The van der Waals surface area contributed by atoms with E-state index >= 15 is 0 Å². The minimum absolute atomic E-state index is 0.0396. The van der Waals surface area contributed by atoms with Crippen LogP contribution in [0.25, 0.3) is 0 Å². The number of carbonyl (C=O) groups is 2. The molecule has 3 nitrogen and oxygen atoms in total. The summed E-state index contributed by atoms with van der Waals surface area (Å²) >= 11 is 5.96. The summed E-state index contributed by atoms with van der Waals surface area (Å²) in [6, 6.07) is 17.5. The first-order valence-corrected chi connectivity index (χ1v) is 9.87. The highest BCUT2D eigenvalue weighted by atomic mass is 35.5. The summed E-state index contributed by atoms with van der Waals surface area (Å²) in [6.07, 6.45) is 5.50. The summed E-state index contributed by atoms with van der Waals surface area (Å²) in [6.45, 7) is 0. The summed E-state index contributed by atoms with van der Waals surface area (Å²) in [7, 11) is 0. The number of fused-ring (bicyclic) bond motifs is 3. The Morgan fingerprint density at radius 1 is 0.852 bits per heavy atom. The minimum Gasteiger partial charge on any atom is -0.274 e. The van der Waals surface area contributed by atoms with Gasteiger partial charge in [-0.2, -0.15) is 0 Å². The molecule has 4 aliphatic rings. The van der Waals surface area contributed by atoms with Gasteiger partial charge in [-0.05, 0) is 59.4 Å². The van der Waals surface area contributed by atoms with Crippen molar-refractivity contribution in [3.8, 4) is 0 Å². The Morgan fingerprint density at radius 2 is 1.44 bits per heavy atom. The third kappa shape index (κ3) is 1.83. The number of rotatable bonds is 2. The number of benzene rings is 2. The Balaban J connectivity index is 1.36. The average molecular weight is 376 g/mol. The first-order valence-electron chi connectivity index (χ1n) is 9.49. The van der Waals surface area contributed by atoms with E-state index < -0.39 is 0 Å². The third-order valence-electron chi connectivity index (χ3n) is 7.27. The van der Waals surface area contributed by atoms with Crippen LogP contribution in [0.1, 0.15) is 17.9 Å². The van der Waals surface area contributed by atoms with Gasteiger partial charge < -0.3 is 0 Å². The van der Waals surface area contributed by atoms with Gasteiger partial charge in [0.1, 0.15) is 0 Å². The Hall–Kier alpha value is -2.39. The number of nitrogens with zero attached hydrogens (tertiary/aromatic N) is 1. The molecule has 0 radical (unpaired) electrons. The molecule has 0 N–H and O–H groups in total. The smallest absolute Gasteiger partial charge is 0.238 e. The topological polar surface area (TPSA) is 37.4 Å². The quantitative estimate of drug-likeness (QED) is 0.575. The maximum atomic E-state index is 13.3. The normalized spacial score (nSPS) is 38.1. The van der Waals surface area contributed by atoms with Crippen molar-refractivity contribution in [1.82, 2.24) is 0 Å². The Labute approximate surface area is 162 Å². The number of carbonyl (C=O) groups excluding carboxylic acids is 2. The fourth-order valence-corrected chi connectivity index (χ4v) is 6.31.